The molecule has 0 spiro atoms. The van der Waals surface area contributed by atoms with Crippen molar-refractivity contribution in [2.75, 3.05) is 17.2 Å². The Balaban J connectivity index is 2.09. The first-order chi connectivity index (χ1) is 9.60. The van der Waals surface area contributed by atoms with Crippen molar-refractivity contribution in [1.82, 2.24) is 15.2 Å². The van der Waals surface area contributed by atoms with Crippen LogP contribution in [0.5, 0.6) is 0 Å². The van der Waals surface area contributed by atoms with Crippen molar-refractivity contribution >= 4 is 17.5 Å². The standard InChI is InChI=1S/C14H17N5O/c1-4-15-12-7-5-11(6-8-12)13(20)17-14-16-9(2)10(3)18-19-14/h5-8,15H,4H2,1-3H3,(H,16,17,19,20). The van der Waals surface area contributed by atoms with E-state index in [2.05, 4.69) is 25.8 Å². The van der Waals surface area contributed by atoms with Crippen molar-refractivity contribution < 1.29 is 4.79 Å². The second-order valence-electron chi connectivity index (χ2n) is 4.37. The van der Waals surface area contributed by atoms with E-state index in [4.69, 9.17) is 0 Å². The van der Waals surface area contributed by atoms with Gasteiger partial charge in [-0.25, -0.2) is 4.98 Å². The average Bonchev–Trinajstić information content (AvgIpc) is 2.44. The Morgan fingerprint density at radius 3 is 2.40 bits per heavy atom. The van der Waals surface area contributed by atoms with Crippen molar-refractivity contribution in [1.29, 1.82) is 0 Å². The molecule has 0 fully saturated rings. The van der Waals surface area contributed by atoms with E-state index in [-0.39, 0.29) is 11.9 Å². The molecule has 0 aliphatic rings. The predicted molar refractivity (Wildman–Crippen MR) is 77.9 cm³/mol. The summed E-state index contributed by atoms with van der Waals surface area (Å²) in [5.41, 5.74) is 3.03. The molecular formula is C14H17N5O. The lowest BCUT2D eigenvalue weighted by Gasteiger charge is -2.06. The predicted octanol–water partition coefficient (Wildman–Crippen LogP) is 2.17. The third-order valence-electron chi connectivity index (χ3n) is 2.85. The molecule has 1 heterocycles. The molecule has 6 nitrogen and oxygen atoms in total. The third kappa shape index (κ3) is 3.28. The lowest BCUT2D eigenvalue weighted by molar-refractivity contribution is 0.102. The van der Waals surface area contributed by atoms with Crippen LogP contribution in [0.2, 0.25) is 0 Å². The van der Waals surface area contributed by atoms with Gasteiger partial charge in [0.15, 0.2) is 0 Å². The quantitative estimate of drug-likeness (QED) is 0.890. The Bertz CT molecular complexity index is 609. The fourth-order valence-electron chi connectivity index (χ4n) is 1.63. The molecule has 2 rings (SSSR count). The van der Waals surface area contributed by atoms with Crippen LogP contribution in [0.25, 0.3) is 0 Å². The van der Waals surface area contributed by atoms with Crippen LogP contribution in [0, 0.1) is 13.8 Å². The maximum absolute atomic E-state index is 12.0. The first-order valence-electron chi connectivity index (χ1n) is 6.43. The molecule has 2 N–H and O–H groups in total. The zero-order valence-electron chi connectivity index (χ0n) is 11.8. The van der Waals surface area contributed by atoms with Gasteiger partial charge >= 0.3 is 0 Å². The van der Waals surface area contributed by atoms with Crippen molar-refractivity contribution in [3.05, 3.63) is 41.2 Å². The molecule has 1 aromatic carbocycles. The highest BCUT2D eigenvalue weighted by Crippen LogP contribution is 2.11. The Labute approximate surface area is 117 Å². The summed E-state index contributed by atoms with van der Waals surface area (Å²) in [5.74, 6) is -0.0352. The van der Waals surface area contributed by atoms with Crippen LogP contribution >= 0.6 is 0 Å². The van der Waals surface area contributed by atoms with Gasteiger partial charge in [0.05, 0.1) is 11.4 Å². The van der Waals surface area contributed by atoms with Crippen LogP contribution in [0.3, 0.4) is 0 Å². The summed E-state index contributed by atoms with van der Waals surface area (Å²) in [6.45, 7) is 6.50. The fraction of sp³-hybridized carbons (Fsp3) is 0.286. The number of nitrogens with one attached hydrogen (secondary N) is 2. The van der Waals surface area contributed by atoms with Gasteiger partial charge in [0.1, 0.15) is 0 Å². The summed E-state index contributed by atoms with van der Waals surface area (Å²) in [6, 6.07) is 7.22. The van der Waals surface area contributed by atoms with Crippen molar-refractivity contribution in [2.45, 2.75) is 20.8 Å². The molecule has 0 saturated heterocycles. The van der Waals surface area contributed by atoms with Gasteiger partial charge in [0.25, 0.3) is 5.91 Å². The number of hydrogen-bond donors (Lipinski definition) is 2. The molecule has 104 valence electrons. The molecule has 0 bridgehead atoms. The van der Waals surface area contributed by atoms with E-state index in [0.29, 0.717) is 5.56 Å². The monoisotopic (exact) mass is 271 g/mol. The third-order valence-corrected chi connectivity index (χ3v) is 2.85. The molecule has 0 aliphatic carbocycles. The number of anilines is 2. The Hall–Kier alpha value is -2.50. The van der Waals surface area contributed by atoms with Crippen molar-refractivity contribution in [2.24, 2.45) is 0 Å². The number of amides is 1. The largest absolute Gasteiger partial charge is 0.385 e. The van der Waals surface area contributed by atoms with Crippen LogP contribution in [0.1, 0.15) is 28.7 Å². The second kappa shape index (κ2) is 6.10. The number of benzene rings is 1. The molecule has 20 heavy (non-hydrogen) atoms. The van der Waals surface area contributed by atoms with Crippen LogP contribution in [-0.4, -0.2) is 27.6 Å². The summed E-state index contributed by atoms with van der Waals surface area (Å²) in [4.78, 5) is 16.2. The van der Waals surface area contributed by atoms with Gasteiger partial charge in [-0.1, -0.05) is 0 Å². The van der Waals surface area contributed by atoms with Gasteiger partial charge in [-0.3, -0.25) is 10.1 Å². The van der Waals surface area contributed by atoms with Crippen LogP contribution < -0.4 is 10.6 Å². The van der Waals surface area contributed by atoms with E-state index in [1.54, 1.807) is 12.1 Å². The normalized spacial score (nSPS) is 10.2. The molecule has 0 unspecified atom stereocenters. The number of aryl methyl sites for hydroxylation is 2. The van der Waals surface area contributed by atoms with Gasteiger partial charge in [-0.05, 0) is 45.0 Å². The van der Waals surface area contributed by atoms with E-state index < -0.39 is 0 Å². The van der Waals surface area contributed by atoms with Gasteiger partial charge in [0, 0.05) is 17.8 Å². The molecule has 2 aromatic rings. The summed E-state index contributed by atoms with van der Waals surface area (Å²) in [6.07, 6.45) is 0. The number of nitrogens with zero attached hydrogens (tertiary/aromatic N) is 3. The fourth-order valence-corrected chi connectivity index (χ4v) is 1.63. The van der Waals surface area contributed by atoms with Crippen molar-refractivity contribution in [3.8, 4) is 0 Å². The second-order valence-corrected chi connectivity index (χ2v) is 4.37. The summed E-state index contributed by atoms with van der Waals surface area (Å²) < 4.78 is 0. The number of rotatable bonds is 4. The van der Waals surface area contributed by atoms with E-state index in [9.17, 15) is 4.79 Å². The molecule has 0 aliphatic heterocycles. The van der Waals surface area contributed by atoms with E-state index in [1.165, 1.54) is 0 Å². The van der Waals surface area contributed by atoms with E-state index in [1.807, 2.05) is 32.9 Å². The Kier molecular flexibility index (Phi) is 4.24. The van der Waals surface area contributed by atoms with Crippen LogP contribution in [-0.2, 0) is 0 Å². The summed E-state index contributed by atoms with van der Waals surface area (Å²) in [7, 11) is 0. The number of aromatic nitrogens is 3. The highest BCUT2D eigenvalue weighted by Gasteiger charge is 2.09. The molecule has 6 heteroatoms. The first-order valence-corrected chi connectivity index (χ1v) is 6.43. The zero-order chi connectivity index (χ0) is 14.5. The number of hydrogen-bond acceptors (Lipinski definition) is 5. The molecule has 1 aromatic heterocycles. The minimum atomic E-state index is -0.252. The maximum atomic E-state index is 12.0. The first kappa shape index (κ1) is 13.9. The van der Waals surface area contributed by atoms with Gasteiger partial charge in [-0.2, -0.15) is 5.10 Å². The average molecular weight is 271 g/mol. The SMILES string of the molecule is CCNc1ccc(C(=O)Nc2nnc(C)c(C)n2)cc1. The minimum absolute atomic E-state index is 0.217. The Morgan fingerprint density at radius 2 is 1.80 bits per heavy atom. The molecular weight excluding hydrogens is 254 g/mol. The smallest absolute Gasteiger partial charge is 0.258 e. The molecule has 1 amide bonds. The Morgan fingerprint density at radius 1 is 1.10 bits per heavy atom. The van der Waals surface area contributed by atoms with Gasteiger partial charge < -0.3 is 5.32 Å². The lowest BCUT2D eigenvalue weighted by Crippen LogP contribution is -2.15. The zero-order valence-corrected chi connectivity index (χ0v) is 11.8. The highest BCUT2D eigenvalue weighted by molar-refractivity contribution is 6.03. The van der Waals surface area contributed by atoms with Crippen molar-refractivity contribution in [3.63, 3.8) is 0 Å². The van der Waals surface area contributed by atoms with E-state index >= 15 is 0 Å². The van der Waals surface area contributed by atoms with Crippen LogP contribution in [0.15, 0.2) is 24.3 Å². The number of carbonyl (C=O) groups excluding carboxylic acids is 1. The molecule has 0 radical (unpaired) electrons. The number of carbonyl (C=O) groups is 1. The van der Waals surface area contributed by atoms with Gasteiger partial charge in [-0.15, -0.1) is 5.10 Å². The van der Waals surface area contributed by atoms with E-state index in [0.717, 1.165) is 23.6 Å². The highest BCUT2D eigenvalue weighted by atomic mass is 16.1. The molecule has 0 saturated carbocycles. The minimum Gasteiger partial charge on any atom is -0.385 e. The topological polar surface area (TPSA) is 79.8 Å². The lowest BCUT2D eigenvalue weighted by atomic mass is 10.2. The summed E-state index contributed by atoms with van der Waals surface area (Å²) in [5, 5.41) is 13.6. The summed E-state index contributed by atoms with van der Waals surface area (Å²) >= 11 is 0. The van der Waals surface area contributed by atoms with Gasteiger partial charge in [0.2, 0.25) is 5.95 Å². The maximum Gasteiger partial charge on any atom is 0.258 e. The van der Waals surface area contributed by atoms with Crippen LogP contribution in [0.4, 0.5) is 11.6 Å². The molecule has 0 atom stereocenters.